The Morgan fingerprint density at radius 2 is 2.46 bits per heavy atom. The van der Waals surface area contributed by atoms with E-state index in [1.165, 1.54) is 0 Å². The number of nitrogens with two attached hydrogens (primary N) is 1. The van der Waals surface area contributed by atoms with Gasteiger partial charge >= 0.3 is 0 Å². The Bertz CT molecular complexity index is 415. The lowest BCUT2D eigenvalue weighted by atomic mass is 10.3. The molecule has 0 radical (unpaired) electrons. The Labute approximate surface area is 74.2 Å². The molecule has 0 unspecified atom stereocenters. The van der Waals surface area contributed by atoms with Crippen LogP contribution < -0.4 is 5.73 Å². The molecule has 0 bridgehead atoms. The van der Waals surface area contributed by atoms with Gasteiger partial charge in [0.15, 0.2) is 5.65 Å². The molecular weight excluding hydrogens is 168 g/mol. The minimum absolute atomic E-state index is 0.168. The quantitative estimate of drug-likeness (QED) is 0.686. The monoisotopic (exact) mass is 176 g/mol. The van der Waals surface area contributed by atoms with Crippen LogP contribution in [0.5, 0.6) is 0 Å². The van der Waals surface area contributed by atoms with Crippen molar-refractivity contribution < 1.29 is 4.79 Å². The number of carbonyl (C=O) groups excluding carboxylic acids is 1. The molecule has 0 aliphatic rings. The maximum Gasteiger partial charge on any atom is 0.223 e. The lowest BCUT2D eigenvalue weighted by Gasteiger charge is -1.86. The zero-order valence-corrected chi connectivity index (χ0v) is 6.84. The minimum Gasteiger partial charge on any atom is -0.369 e. The molecule has 0 fully saturated rings. The molecule has 0 atom stereocenters. The molecule has 2 rings (SSSR count). The molecule has 2 N–H and O–H groups in total. The summed E-state index contributed by atoms with van der Waals surface area (Å²) in [5, 5.41) is 0. The molecule has 0 spiro atoms. The van der Waals surface area contributed by atoms with Gasteiger partial charge in [0.25, 0.3) is 0 Å². The van der Waals surface area contributed by atoms with E-state index in [1.807, 2.05) is 0 Å². The van der Waals surface area contributed by atoms with E-state index < -0.39 is 0 Å². The number of rotatable bonds is 2. The SMILES string of the molecule is NC(=O)Cc1cn2ccncc2n1. The summed E-state index contributed by atoms with van der Waals surface area (Å²) < 4.78 is 1.80. The third-order valence-electron chi connectivity index (χ3n) is 1.67. The second-order valence-corrected chi connectivity index (χ2v) is 2.72. The predicted molar refractivity (Wildman–Crippen MR) is 45.9 cm³/mol. The van der Waals surface area contributed by atoms with Gasteiger partial charge in [0.05, 0.1) is 18.3 Å². The van der Waals surface area contributed by atoms with Gasteiger partial charge in [0.2, 0.25) is 5.91 Å². The molecule has 0 aliphatic heterocycles. The number of carbonyl (C=O) groups is 1. The highest BCUT2D eigenvalue weighted by molar-refractivity contribution is 5.76. The zero-order chi connectivity index (χ0) is 9.26. The Morgan fingerprint density at radius 1 is 1.62 bits per heavy atom. The maximum absolute atomic E-state index is 10.6. The summed E-state index contributed by atoms with van der Waals surface area (Å²) in [6.07, 6.45) is 6.99. The van der Waals surface area contributed by atoms with E-state index in [2.05, 4.69) is 9.97 Å². The van der Waals surface area contributed by atoms with Gasteiger partial charge in [-0.15, -0.1) is 0 Å². The van der Waals surface area contributed by atoms with Gasteiger partial charge in [-0.2, -0.15) is 0 Å². The van der Waals surface area contributed by atoms with E-state index in [9.17, 15) is 4.79 Å². The fraction of sp³-hybridized carbons (Fsp3) is 0.125. The number of imidazole rings is 1. The maximum atomic E-state index is 10.6. The van der Waals surface area contributed by atoms with Crippen molar-refractivity contribution in [1.29, 1.82) is 0 Å². The van der Waals surface area contributed by atoms with Crippen molar-refractivity contribution in [3.63, 3.8) is 0 Å². The summed E-state index contributed by atoms with van der Waals surface area (Å²) >= 11 is 0. The summed E-state index contributed by atoms with van der Waals surface area (Å²) in [6, 6.07) is 0. The summed E-state index contributed by atoms with van der Waals surface area (Å²) in [4.78, 5) is 18.7. The standard InChI is InChI=1S/C8H8N4O/c9-7(13)3-6-5-12-2-1-10-4-8(12)11-6/h1-2,4-5H,3H2,(H2,9,13). The van der Waals surface area contributed by atoms with Crippen LogP contribution in [0, 0.1) is 0 Å². The van der Waals surface area contributed by atoms with Crippen LogP contribution in [-0.4, -0.2) is 20.3 Å². The lowest BCUT2D eigenvalue weighted by Crippen LogP contribution is -2.13. The van der Waals surface area contributed by atoms with E-state index in [1.54, 1.807) is 29.2 Å². The largest absolute Gasteiger partial charge is 0.369 e. The summed E-state index contributed by atoms with van der Waals surface area (Å²) in [6.45, 7) is 0. The van der Waals surface area contributed by atoms with Gasteiger partial charge in [-0.1, -0.05) is 0 Å². The molecule has 0 aromatic carbocycles. The third kappa shape index (κ3) is 1.48. The van der Waals surface area contributed by atoms with E-state index in [-0.39, 0.29) is 12.3 Å². The first-order valence-electron chi connectivity index (χ1n) is 3.81. The molecule has 0 aliphatic carbocycles. The van der Waals surface area contributed by atoms with Crippen molar-refractivity contribution in [2.75, 3.05) is 0 Å². The van der Waals surface area contributed by atoms with Crippen LogP contribution >= 0.6 is 0 Å². The highest BCUT2D eigenvalue weighted by Crippen LogP contribution is 2.02. The second-order valence-electron chi connectivity index (χ2n) is 2.72. The molecular formula is C8H8N4O. The van der Waals surface area contributed by atoms with Gasteiger partial charge in [-0.25, -0.2) is 4.98 Å². The molecule has 2 aromatic heterocycles. The average molecular weight is 176 g/mol. The van der Waals surface area contributed by atoms with Crippen LogP contribution in [0.3, 0.4) is 0 Å². The number of primary amides is 1. The molecule has 5 heteroatoms. The number of hydrogen-bond donors (Lipinski definition) is 1. The number of aromatic nitrogens is 3. The number of hydrogen-bond acceptors (Lipinski definition) is 3. The molecule has 1 amide bonds. The van der Waals surface area contributed by atoms with E-state index in [0.29, 0.717) is 5.69 Å². The number of amides is 1. The molecule has 5 nitrogen and oxygen atoms in total. The van der Waals surface area contributed by atoms with Gasteiger partial charge < -0.3 is 10.1 Å². The van der Waals surface area contributed by atoms with Crippen LogP contribution in [0.2, 0.25) is 0 Å². The average Bonchev–Trinajstić information content (AvgIpc) is 2.44. The van der Waals surface area contributed by atoms with Crippen LogP contribution in [0.25, 0.3) is 5.65 Å². The Morgan fingerprint density at radius 3 is 3.15 bits per heavy atom. The Hall–Kier alpha value is -1.91. The molecule has 66 valence electrons. The van der Waals surface area contributed by atoms with Crippen molar-refractivity contribution in [2.45, 2.75) is 6.42 Å². The normalized spacial score (nSPS) is 10.5. The van der Waals surface area contributed by atoms with Crippen molar-refractivity contribution in [1.82, 2.24) is 14.4 Å². The number of fused-ring (bicyclic) bond motifs is 1. The molecule has 13 heavy (non-hydrogen) atoms. The Balaban J connectivity index is 2.44. The molecule has 2 heterocycles. The first-order chi connectivity index (χ1) is 6.25. The van der Waals surface area contributed by atoms with Gasteiger partial charge in [0.1, 0.15) is 0 Å². The molecule has 0 saturated heterocycles. The zero-order valence-electron chi connectivity index (χ0n) is 6.84. The smallest absolute Gasteiger partial charge is 0.223 e. The minimum atomic E-state index is -0.378. The van der Waals surface area contributed by atoms with E-state index >= 15 is 0 Å². The van der Waals surface area contributed by atoms with Gasteiger partial charge in [-0.05, 0) is 0 Å². The first-order valence-corrected chi connectivity index (χ1v) is 3.81. The summed E-state index contributed by atoms with van der Waals surface area (Å²) in [7, 11) is 0. The number of nitrogens with zero attached hydrogens (tertiary/aromatic N) is 3. The fourth-order valence-electron chi connectivity index (χ4n) is 1.16. The topological polar surface area (TPSA) is 73.3 Å². The van der Waals surface area contributed by atoms with Crippen molar-refractivity contribution >= 4 is 11.6 Å². The van der Waals surface area contributed by atoms with Crippen LogP contribution in [-0.2, 0) is 11.2 Å². The Kier molecular flexibility index (Phi) is 1.70. The summed E-state index contributed by atoms with van der Waals surface area (Å²) in [5.74, 6) is -0.378. The second kappa shape index (κ2) is 2.85. The van der Waals surface area contributed by atoms with E-state index in [0.717, 1.165) is 5.65 Å². The third-order valence-corrected chi connectivity index (χ3v) is 1.67. The van der Waals surface area contributed by atoms with Crippen molar-refractivity contribution in [3.8, 4) is 0 Å². The fourth-order valence-corrected chi connectivity index (χ4v) is 1.16. The van der Waals surface area contributed by atoms with Crippen LogP contribution in [0.1, 0.15) is 5.69 Å². The molecule has 0 saturated carbocycles. The highest BCUT2D eigenvalue weighted by atomic mass is 16.1. The lowest BCUT2D eigenvalue weighted by molar-refractivity contribution is -0.117. The van der Waals surface area contributed by atoms with Crippen molar-refractivity contribution in [3.05, 3.63) is 30.5 Å². The van der Waals surface area contributed by atoms with Crippen LogP contribution in [0.15, 0.2) is 24.8 Å². The summed E-state index contributed by atoms with van der Waals surface area (Å²) in [5.41, 5.74) is 6.43. The van der Waals surface area contributed by atoms with E-state index in [4.69, 9.17) is 5.73 Å². The predicted octanol–water partition coefficient (Wildman–Crippen LogP) is -0.243. The van der Waals surface area contributed by atoms with Gasteiger partial charge in [0, 0.05) is 18.6 Å². The van der Waals surface area contributed by atoms with Crippen molar-refractivity contribution in [2.24, 2.45) is 5.73 Å². The highest BCUT2D eigenvalue weighted by Gasteiger charge is 2.03. The van der Waals surface area contributed by atoms with Crippen LogP contribution in [0.4, 0.5) is 0 Å². The first kappa shape index (κ1) is 7.72. The van der Waals surface area contributed by atoms with Gasteiger partial charge in [-0.3, -0.25) is 9.78 Å². The molecule has 2 aromatic rings.